The summed E-state index contributed by atoms with van der Waals surface area (Å²) < 4.78 is 39.8. The van der Waals surface area contributed by atoms with Gasteiger partial charge in [0.2, 0.25) is 0 Å². The van der Waals surface area contributed by atoms with E-state index in [4.69, 9.17) is 5.73 Å². The van der Waals surface area contributed by atoms with Gasteiger partial charge in [0, 0.05) is 12.1 Å². The highest BCUT2D eigenvalue weighted by Gasteiger charge is 2.32. The second-order valence-corrected chi connectivity index (χ2v) is 4.07. The molecule has 0 aromatic heterocycles. The highest BCUT2D eigenvalue weighted by molar-refractivity contribution is 5.95. The number of rotatable bonds is 5. The normalized spacial score (nSPS) is 12.8. The third-order valence-corrected chi connectivity index (χ3v) is 2.47. The van der Waals surface area contributed by atoms with E-state index in [1.807, 2.05) is 0 Å². The molecule has 0 aliphatic rings. The van der Waals surface area contributed by atoms with E-state index in [9.17, 15) is 23.1 Å². The number of benzene rings is 1. The number of hydrogen-bond acceptors (Lipinski definition) is 4. The Balaban J connectivity index is 2.74. The SMILES string of the molecule is CCC(O)CNC(=O)c1ccc(OC(F)(F)F)c(N)c1. The van der Waals surface area contributed by atoms with E-state index in [0.717, 1.165) is 18.2 Å². The standard InChI is InChI=1S/C12H15F3N2O3/c1-2-8(18)6-17-11(19)7-3-4-10(9(16)5-7)20-12(13,14)15/h3-5,8,18H,2,6,16H2,1H3,(H,17,19). The molecule has 20 heavy (non-hydrogen) atoms. The van der Waals surface area contributed by atoms with E-state index in [2.05, 4.69) is 10.1 Å². The zero-order valence-corrected chi connectivity index (χ0v) is 10.7. The van der Waals surface area contributed by atoms with E-state index in [1.54, 1.807) is 6.92 Å². The van der Waals surface area contributed by atoms with Gasteiger partial charge < -0.3 is 20.9 Å². The van der Waals surface area contributed by atoms with Crippen molar-refractivity contribution in [1.82, 2.24) is 5.32 Å². The van der Waals surface area contributed by atoms with Gasteiger partial charge in [0.15, 0.2) is 5.75 Å². The van der Waals surface area contributed by atoms with Gasteiger partial charge in [-0.1, -0.05) is 6.92 Å². The number of nitrogen functional groups attached to an aromatic ring is 1. The van der Waals surface area contributed by atoms with Crippen LogP contribution in [-0.4, -0.2) is 30.0 Å². The molecule has 1 rings (SSSR count). The summed E-state index contributed by atoms with van der Waals surface area (Å²) in [6.07, 6.45) is -5.05. The number of nitrogens with two attached hydrogens (primary N) is 1. The molecule has 0 aliphatic carbocycles. The fourth-order valence-electron chi connectivity index (χ4n) is 1.36. The predicted molar refractivity (Wildman–Crippen MR) is 66.2 cm³/mol. The quantitative estimate of drug-likeness (QED) is 0.721. The Morgan fingerprint density at radius 1 is 1.50 bits per heavy atom. The van der Waals surface area contributed by atoms with Crippen LogP contribution in [0.3, 0.4) is 0 Å². The topological polar surface area (TPSA) is 84.6 Å². The van der Waals surface area contributed by atoms with Crippen molar-refractivity contribution in [1.29, 1.82) is 0 Å². The van der Waals surface area contributed by atoms with Gasteiger partial charge in [0.1, 0.15) is 0 Å². The summed E-state index contributed by atoms with van der Waals surface area (Å²) in [6.45, 7) is 1.80. The molecule has 1 unspecified atom stereocenters. The monoisotopic (exact) mass is 292 g/mol. The van der Waals surface area contributed by atoms with Gasteiger partial charge in [0.25, 0.3) is 5.91 Å². The van der Waals surface area contributed by atoms with Gasteiger partial charge in [-0.2, -0.15) is 0 Å². The van der Waals surface area contributed by atoms with Gasteiger partial charge in [0.05, 0.1) is 11.8 Å². The zero-order chi connectivity index (χ0) is 15.3. The number of anilines is 1. The first-order chi connectivity index (χ1) is 9.23. The Labute approximate surface area is 113 Å². The van der Waals surface area contributed by atoms with E-state index >= 15 is 0 Å². The highest BCUT2D eigenvalue weighted by Crippen LogP contribution is 2.28. The van der Waals surface area contributed by atoms with Crippen LogP contribution in [0.15, 0.2) is 18.2 Å². The van der Waals surface area contributed by atoms with Gasteiger partial charge in [-0.05, 0) is 24.6 Å². The second kappa shape index (κ2) is 6.47. The zero-order valence-electron chi connectivity index (χ0n) is 10.7. The maximum atomic E-state index is 12.0. The molecule has 0 heterocycles. The van der Waals surface area contributed by atoms with Crippen molar-refractivity contribution in [3.05, 3.63) is 23.8 Å². The van der Waals surface area contributed by atoms with Crippen LogP contribution in [0, 0.1) is 0 Å². The Hall–Kier alpha value is -1.96. The summed E-state index contributed by atoms with van der Waals surface area (Å²) in [5.74, 6) is -1.11. The van der Waals surface area contributed by atoms with E-state index < -0.39 is 24.1 Å². The van der Waals surface area contributed by atoms with Crippen LogP contribution in [0.1, 0.15) is 23.7 Å². The summed E-state index contributed by atoms with van der Waals surface area (Å²) in [4.78, 5) is 11.7. The summed E-state index contributed by atoms with van der Waals surface area (Å²) in [5.41, 5.74) is 5.18. The molecule has 0 spiro atoms. The first-order valence-corrected chi connectivity index (χ1v) is 5.84. The minimum absolute atomic E-state index is 0.0516. The van der Waals surface area contributed by atoms with Crippen molar-refractivity contribution in [2.45, 2.75) is 25.8 Å². The Kier molecular flexibility index (Phi) is 5.20. The van der Waals surface area contributed by atoms with Crippen molar-refractivity contribution in [3.8, 4) is 5.75 Å². The first-order valence-electron chi connectivity index (χ1n) is 5.84. The maximum absolute atomic E-state index is 12.0. The number of carbonyl (C=O) groups is 1. The van der Waals surface area contributed by atoms with Gasteiger partial charge in [-0.15, -0.1) is 13.2 Å². The molecule has 0 fully saturated rings. The largest absolute Gasteiger partial charge is 0.573 e. The Morgan fingerprint density at radius 2 is 2.15 bits per heavy atom. The number of amides is 1. The molecule has 0 saturated heterocycles. The summed E-state index contributed by atoms with van der Waals surface area (Å²) in [6, 6.07) is 3.20. The molecule has 1 amide bonds. The number of aliphatic hydroxyl groups excluding tert-OH is 1. The third-order valence-electron chi connectivity index (χ3n) is 2.47. The molecule has 0 saturated carbocycles. The molecule has 0 bridgehead atoms. The van der Waals surface area contributed by atoms with Crippen molar-refractivity contribution in [2.24, 2.45) is 0 Å². The molecule has 0 aliphatic heterocycles. The summed E-state index contributed by atoms with van der Waals surface area (Å²) >= 11 is 0. The van der Waals surface area contributed by atoms with Crippen molar-refractivity contribution in [3.63, 3.8) is 0 Å². The van der Waals surface area contributed by atoms with Crippen LogP contribution < -0.4 is 15.8 Å². The summed E-state index contributed by atoms with van der Waals surface area (Å²) in [7, 11) is 0. The van der Waals surface area contributed by atoms with Crippen molar-refractivity contribution in [2.75, 3.05) is 12.3 Å². The van der Waals surface area contributed by atoms with Crippen LogP contribution in [0.2, 0.25) is 0 Å². The smallest absolute Gasteiger partial charge is 0.404 e. The molecule has 8 heteroatoms. The number of aliphatic hydroxyl groups is 1. The first kappa shape index (κ1) is 16.1. The molecular weight excluding hydrogens is 277 g/mol. The average molecular weight is 292 g/mol. The van der Waals surface area contributed by atoms with Crippen LogP contribution in [0.4, 0.5) is 18.9 Å². The molecule has 112 valence electrons. The molecule has 5 nitrogen and oxygen atoms in total. The molecule has 1 aromatic carbocycles. The highest BCUT2D eigenvalue weighted by atomic mass is 19.4. The molecule has 1 atom stereocenters. The Morgan fingerprint density at radius 3 is 2.65 bits per heavy atom. The lowest BCUT2D eigenvalue weighted by molar-refractivity contribution is -0.274. The van der Waals surface area contributed by atoms with E-state index in [1.165, 1.54) is 0 Å². The second-order valence-electron chi connectivity index (χ2n) is 4.07. The summed E-state index contributed by atoms with van der Waals surface area (Å²) in [5, 5.41) is 11.7. The molecule has 1 aromatic rings. The van der Waals surface area contributed by atoms with Crippen LogP contribution >= 0.6 is 0 Å². The molecular formula is C12H15F3N2O3. The lowest BCUT2D eigenvalue weighted by Crippen LogP contribution is -2.31. The van der Waals surface area contributed by atoms with Gasteiger partial charge in [-0.3, -0.25) is 4.79 Å². The van der Waals surface area contributed by atoms with Crippen LogP contribution in [-0.2, 0) is 0 Å². The van der Waals surface area contributed by atoms with Gasteiger partial charge >= 0.3 is 6.36 Å². The molecule has 4 N–H and O–H groups in total. The lowest BCUT2D eigenvalue weighted by atomic mass is 10.1. The number of ether oxygens (including phenoxy) is 1. The minimum Gasteiger partial charge on any atom is -0.404 e. The van der Waals surface area contributed by atoms with E-state index in [-0.39, 0.29) is 17.8 Å². The van der Waals surface area contributed by atoms with Crippen LogP contribution in [0.5, 0.6) is 5.75 Å². The number of alkyl halides is 3. The number of halogens is 3. The number of nitrogens with one attached hydrogen (secondary N) is 1. The Bertz CT molecular complexity index is 478. The lowest BCUT2D eigenvalue weighted by Gasteiger charge is -2.13. The predicted octanol–water partition coefficient (Wildman–Crippen LogP) is 1.67. The number of hydrogen-bond donors (Lipinski definition) is 3. The minimum atomic E-state index is -4.84. The average Bonchev–Trinajstić information content (AvgIpc) is 2.36. The fourth-order valence-corrected chi connectivity index (χ4v) is 1.36. The fraction of sp³-hybridized carbons (Fsp3) is 0.417. The van der Waals surface area contributed by atoms with E-state index in [0.29, 0.717) is 6.42 Å². The van der Waals surface area contributed by atoms with Crippen molar-refractivity contribution >= 4 is 11.6 Å². The van der Waals surface area contributed by atoms with Gasteiger partial charge in [-0.25, -0.2) is 0 Å². The maximum Gasteiger partial charge on any atom is 0.573 e. The third kappa shape index (κ3) is 4.96. The van der Waals surface area contributed by atoms with Crippen molar-refractivity contribution < 1.29 is 27.8 Å². The number of carbonyl (C=O) groups excluding carboxylic acids is 1. The molecule has 0 radical (unpaired) electrons. The van der Waals surface area contributed by atoms with Crippen LogP contribution in [0.25, 0.3) is 0 Å².